The quantitative estimate of drug-likeness (QED) is 0.689. The molecule has 0 aromatic heterocycles. The summed E-state index contributed by atoms with van der Waals surface area (Å²) in [5.74, 6) is -0.337. The number of piperazine rings is 1. The number of nitrogens with zero attached hydrogens (tertiary/aromatic N) is 2. The summed E-state index contributed by atoms with van der Waals surface area (Å²) in [6, 6.07) is 0. The van der Waals surface area contributed by atoms with Crippen LogP contribution < -0.4 is 0 Å². The number of hydroxylamine groups is 2. The molecule has 0 aromatic carbocycles. The van der Waals surface area contributed by atoms with Crippen molar-refractivity contribution in [1.29, 1.82) is 0 Å². The molecule has 1 aliphatic rings. The Morgan fingerprint density at radius 3 is 2.00 bits per heavy atom. The average molecular weight is 244 g/mol. The lowest BCUT2D eigenvalue weighted by atomic mass is 10.2. The Labute approximate surface area is 101 Å². The fraction of sp³-hybridized carbons (Fsp3) is 0.818. The van der Waals surface area contributed by atoms with Crippen LogP contribution in [0.4, 0.5) is 4.79 Å². The van der Waals surface area contributed by atoms with Gasteiger partial charge in [-0.05, 0) is 20.8 Å². The van der Waals surface area contributed by atoms with Gasteiger partial charge in [-0.2, -0.15) is 0 Å². The fourth-order valence-corrected chi connectivity index (χ4v) is 1.47. The van der Waals surface area contributed by atoms with Crippen LogP contribution in [0.3, 0.4) is 0 Å². The Balaban J connectivity index is 2.36. The number of carbonyl (C=O) groups excluding carboxylic acids is 2. The van der Waals surface area contributed by atoms with Crippen LogP contribution in [0.25, 0.3) is 0 Å². The predicted octanol–water partition coefficient (Wildman–Crippen LogP) is 1.02. The third kappa shape index (κ3) is 5.04. The molecule has 1 aliphatic heterocycles. The van der Waals surface area contributed by atoms with Crippen LogP contribution >= 0.6 is 0 Å². The van der Waals surface area contributed by atoms with Crippen LogP contribution in [0.15, 0.2) is 0 Å². The van der Waals surface area contributed by atoms with E-state index in [2.05, 4.69) is 0 Å². The minimum Gasteiger partial charge on any atom is -0.444 e. The molecule has 1 saturated heterocycles. The van der Waals surface area contributed by atoms with Gasteiger partial charge in [-0.3, -0.25) is 4.79 Å². The van der Waals surface area contributed by atoms with Crippen LogP contribution in [0.2, 0.25) is 0 Å². The summed E-state index contributed by atoms with van der Waals surface area (Å²) in [5, 5.41) is 1.56. The minimum atomic E-state index is -0.482. The molecular weight excluding hydrogens is 224 g/mol. The molecule has 98 valence electrons. The Bertz CT molecular complexity index is 290. The van der Waals surface area contributed by atoms with Gasteiger partial charge >= 0.3 is 12.1 Å². The number of ether oxygens (including phenoxy) is 1. The zero-order valence-corrected chi connectivity index (χ0v) is 10.9. The molecule has 0 aliphatic carbocycles. The number of carbonyl (C=O) groups is 2. The van der Waals surface area contributed by atoms with E-state index < -0.39 is 5.60 Å². The first-order valence-electron chi connectivity index (χ1n) is 5.69. The summed E-state index contributed by atoms with van der Waals surface area (Å²) in [7, 11) is 0. The zero-order valence-electron chi connectivity index (χ0n) is 10.9. The first-order chi connectivity index (χ1) is 7.78. The normalized spacial score (nSPS) is 17.8. The molecule has 6 heteroatoms. The Hall–Kier alpha value is -1.30. The third-order valence-corrected chi connectivity index (χ3v) is 2.15. The van der Waals surface area contributed by atoms with Crippen LogP contribution in [-0.2, 0) is 14.4 Å². The predicted molar refractivity (Wildman–Crippen MR) is 61.1 cm³/mol. The van der Waals surface area contributed by atoms with Crippen molar-refractivity contribution in [3.8, 4) is 0 Å². The summed E-state index contributed by atoms with van der Waals surface area (Å²) in [6.07, 6.45) is -0.319. The molecule has 0 bridgehead atoms. The van der Waals surface area contributed by atoms with Crippen LogP contribution in [-0.4, -0.2) is 53.8 Å². The van der Waals surface area contributed by atoms with Gasteiger partial charge in [0.15, 0.2) is 0 Å². The lowest BCUT2D eigenvalue weighted by Gasteiger charge is -2.34. The van der Waals surface area contributed by atoms with Gasteiger partial charge in [-0.15, -0.1) is 5.06 Å². The van der Waals surface area contributed by atoms with E-state index in [1.165, 1.54) is 6.92 Å². The second-order valence-electron chi connectivity index (χ2n) is 4.98. The van der Waals surface area contributed by atoms with E-state index in [4.69, 9.17) is 9.57 Å². The summed E-state index contributed by atoms with van der Waals surface area (Å²) in [5.41, 5.74) is -0.482. The Morgan fingerprint density at radius 2 is 1.59 bits per heavy atom. The van der Waals surface area contributed by atoms with Gasteiger partial charge in [0.25, 0.3) is 0 Å². The van der Waals surface area contributed by atoms with Gasteiger partial charge in [0.05, 0.1) is 13.1 Å². The summed E-state index contributed by atoms with van der Waals surface area (Å²) in [6.45, 7) is 8.89. The topological polar surface area (TPSA) is 59.1 Å². The zero-order chi connectivity index (χ0) is 13.1. The molecule has 0 N–H and O–H groups in total. The van der Waals surface area contributed by atoms with E-state index in [0.717, 1.165) is 0 Å². The van der Waals surface area contributed by atoms with Crippen molar-refractivity contribution < 1.29 is 19.2 Å². The molecule has 17 heavy (non-hydrogen) atoms. The van der Waals surface area contributed by atoms with Crippen molar-refractivity contribution in [2.24, 2.45) is 0 Å². The molecule has 1 heterocycles. The van der Waals surface area contributed by atoms with Gasteiger partial charge in [0.1, 0.15) is 5.60 Å². The highest BCUT2D eigenvalue weighted by Gasteiger charge is 2.26. The van der Waals surface area contributed by atoms with Crippen molar-refractivity contribution in [2.45, 2.75) is 33.3 Å². The first-order valence-corrected chi connectivity index (χ1v) is 5.69. The van der Waals surface area contributed by atoms with E-state index in [1.54, 1.807) is 9.96 Å². The number of hydrogen-bond donors (Lipinski definition) is 0. The molecule has 1 fully saturated rings. The van der Waals surface area contributed by atoms with E-state index in [1.807, 2.05) is 20.8 Å². The smallest absolute Gasteiger partial charge is 0.410 e. The summed E-state index contributed by atoms with van der Waals surface area (Å²) >= 11 is 0. The molecule has 1 rings (SSSR count). The maximum atomic E-state index is 11.7. The monoisotopic (exact) mass is 244 g/mol. The molecule has 1 amide bonds. The highest BCUT2D eigenvalue weighted by Crippen LogP contribution is 2.11. The maximum Gasteiger partial charge on any atom is 0.410 e. The lowest BCUT2D eigenvalue weighted by Crippen LogP contribution is -2.50. The lowest BCUT2D eigenvalue weighted by molar-refractivity contribution is -0.193. The van der Waals surface area contributed by atoms with Crippen LogP contribution in [0, 0.1) is 0 Å². The molecule has 0 radical (unpaired) electrons. The van der Waals surface area contributed by atoms with Gasteiger partial charge in [0.2, 0.25) is 0 Å². The van der Waals surface area contributed by atoms with Crippen molar-refractivity contribution >= 4 is 12.1 Å². The number of rotatable bonds is 1. The third-order valence-electron chi connectivity index (χ3n) is 2.15. The molecule has 0 spiro atoms. The number of hydrogen-bond acceptors (Lipinski definition) is 5. The van der Waals surface area contributed by atoms with Crippen molar-refractivity contribution in [1.82, 2.24) is 9.96 Å². The largest absolute Gasteiger partial charge is 0.444 e. The molecule has 0 aromatic rings. The molecule has 6 nitrogen and oxygen atoms in total. The fourth-order valence-electron chi connectivity index (χ4n) is 1.47. The molecular formula is C11H20N2O4. The molecule has 0 unspecified atom stereocenters. The maximum absolute atomic E-state index is 11.7. The molecule has 0 atom stereocenters. The highest BCUT2D eigenvalue weighted by atomic mass is 16.7. The van der Waals surface area contributed by atoms with E-state index in [0.29, 0.717) is 26.2 Å². The Kier molecular flexibility index (Phi) is 4.34. The van der Waals surface area contributed by atoms with E-state index in [-0.39, 0.29) is 12.1 Å². The van der Waals surface area contributed by atoms with Gasteiger partial charge in [0, 0.05) is 20.0 Å². The van der Waals surface area contributed by atoms with E-state index >= 15 is 0 Å². The van der Waals surface area contributed by atoms with Crippen molar-refractivity contribution in [3.05, 3.63) is 0 Å². The standard InChI is InChI=1S/C11H20N2O4/c1-9(14)17-13-7-5-12(6-8-13)10(15)16-11(2,3)4/h5-8H2,1-4H3. The van der Waals surface area contributed by atoms with Crippen LogP contribution in [0.1, 0.15) is 27.7 Å². The average Bonchev–Trinajstić information content (AvgIpc) is 2.15. The van der Waals surface area contributed by atoms with Gasteiger partial charge < -0.3 is 14.5 Å². The second-order valence-corrected chi connectivity index (χ2v) is 4.98. The summed E-state index contributed by atoms with van der Waals surface area (Å²) in [4.78, 5) is 29.0. The van der Waals surface area contributed by atoms with Gasteiger partial charge in [-0.25, -0.2) is 4.79 Å². The SMILES string of the molecule is CC(=O)ON1CCN(C(=O)OC(C)(C)C)CC1. The van der Waals surface area contributed by atoms with Gasteiger partial charge in [-0.1, -0.05) is 0 Å². The van der Waals surface area contributed by atoms with E-state index in [9.17, 15) is 9.59 Å². The Morgan fingerprint density at radius 1 is 1.06 bits per heavy atom. The summed E-state index contributed by atoms with van der Waals surface area (Å²) < 4.78 is 5.25. The highest BCUT2D eigenvalue weighted by molar-refractivity contribution is 5.68. The molecule has 0 saturated carbocycles. The number of amides is 1. The first kappa shape index (κ1) is 13.8. The van der Waals surface area contributed by atoms with Crippen molar-refractivity contribution in [2.75, 3.05) is 26.2 Å². The minimum absolute atomic E-state index is 0.319. The van der Waals surface area contributed by atoms with Crippen LogP contribution in [0.5, 0.6) is 0 Å². The van der Waals surface area contributed by atoms with Crippen molar-refractivity contribution in [3.63, 3.8) is 0 Å². The second kappa shape index (κ2) is 5.35.